The lowest BCUT2D eigenvalue weighted by Crippen LogP contribution is -2.49. The van der Waals surface area contributed by atoms with E-state index in [1.54, 1.807) is 31.3 Å². The highest BCUT2D eigenvalue weighted by atomic mass is 35.5. The first kappa shape index (κ1) is 33.3. The van der Waals surface area contributed by atoms with Gasteiger partial charge in [0.15, 0.2) is 11.1 Å². The molecule has 2 aromatic carbocycles. The first-order chi connectivity index (χ1) is 21.1. The van der Waals surface area contributed by atoms with Gasteiger partial charge in [0.1, 0.15) is 5.82 Å². The molecule has 7 unspecified atom stereocenters. The number of hydrogen-bond acceptors (Lipinski definition) is 5. The first-order valence-electron chi connectivity index (χ1n) is 15.5. The number of benzene rings is 2. The van der Waals surface area contributed by atoms with E-state index < -0.39 is 23.0 Å². The van der Waals surface area contributed by atoms with Crippen LogP contribution in [-0.2, 0) is 22.3 Å². The van der Waals surface area contributed by atoms with Crippen LogP contribution in [0.5, 0.6) is 0 Å². The monoisotopic (exact) mass is 654 g/mol. The number of nitrogens with one attached hydrogen (secondary N) is 3. The summed E-state index contributed by atoms with van der Waals surface area (Å²) in [5, 5.41) is 10.3. The van der Waals surface area contributed by atoms with Crippen molar-refractivity contribution in [2.45, 2.75) is 87.4 Å². The zero-order valence-corrected chi connectivity index (χ0v) is 26.5. The maximum atomic E-state index is 15.2. The Labute approximate surface area is 265 Å². The predicted molar refractivity (Wildman–Crippen MR) is 168 cm³/mol. The normalized spacial score (nSPS) is 26.8. The van der Waals surface area contributed by atoms with Crippen molar-refractivity contribution in [3.63, 3.8) is 0 Å². The van der Waals surface area contributed by atoms with Crippen LogP contribution in [0.2, 0.25) is 5.02 Å². The Bertz CT molecular complexity index is 1310. The van der Waals surface area contributed by atoms with E-state index in [1.165, 1.54) is 6.07 Å². The lowest BCUT2D eigenvalue weighted by Gasteiger charge is -2.37. The van der Waals surface area contributed by atoms with Gasteiger partial charge in [-0.3, -0.25) is 9.69 Å². The molecule has 2 aliphatic heterocycles. The van der Waals surface area contributed by atoms with Gasteiger partial charge in [-0.2, -0.15) is 0 Å². The Morgan fingerprint density at radius 2 is 1.91 bits per heavy atom. The van der Waals surface area contributed by atoms with E-state index in [0.717, 1.165) is 25.1 Å². The molecule has 0 spiro atoms. The van der Waals surface area contributed by atoms with E-state index in [1.807, 2.05) is 12.1 Å². The van der Waals surface area contributed by atoms with Crippen molar-refractivity contribution in [3.05, 3.63) is 64.4 Å². The van der Waals surface area contributed by atoms with E-state index in [0.29, 0.717) is 60.5 Å². The zero-order chi connectivity index (χ0) is 31.4. The molecule has 5 rings (SSSR count). The summed E-state index contributed by atoms with van der Waals surface area (Å²) >= 11 is 4.36. The summed E-state index contributed by atoms with van der Waals surface area (Å²) in [4.78, 5) is 16.3. The van der Waals surface area contributed by atoms with Crippen LogP contribution in [0, 0.1) is 11.7 Å². The molecule has 7 atom stereocenters. The van der Waals surface area contributed by atoms with Crippen LogP contribution in [0.25, 0.3) is 0 Å². The third-order valence-electron chi connectivity index (χ3n) is 9.65. The van der Waals surface area contributed by atoms with Gasteiger partial charge in [0, 0.05) is 72.0 Å². The lowest BCUT2D eigenvalue weighted by atomic mass is 9.72. The number of anilines is 1. The number of alkyl halides is 2. The van der Waals surface area contributed by atoms with Crippen LogP contribution in [0.15, 0.2) is 42.5 Å². The number of carbonyl (C=O) groups is 1. The van der Waals surface area contributed by atoms with Gasteiger partial charge in [-0.05, 0) is 81.3 Å². The van der Waals surface area contributed by atoms with Crippen molar-refractivity contribution in [2.24, 2.45) is 5.92 Å². The largest absolute Gasteiger partial charge is 0.324 e. The van der Waals surface area contributed by atoms with Gasteiger partial charge < -0.3 is 20.5 Å². The Balaban J connectivity index is 1.26. The average Bonchev–Trinajstić information content (AvgIpc) is 3.79. The summed E-state index contributed by atoms with van der Waals surface area (Å²) in [6.45, 7) is 1.73. The Kier molecular flexibility index (Phi) is 11.1. The number of hydrogen-bond donors (Lipinski definition) is 4. The standard InChI is InChI=1S/C32H42ClF3N4O3S/c1-37-30(29(20-7-9-22(33)10-8-20)21-13-15-32(35,36)16-14-21)31(41)39-26-6-2-5-25(34)24(26)11-12-27-28-19-40(28)23(18-38-27)4-3-17-44(42)43/h2,5-10,21,23,27-30,37-38H,3-4,11-19H2,1H3,(H,39,41)(H,42,43). The van der Waals surface area contributed by atoms with Crippen molar-refractivity contribution in [3.8, 4) is 0 Å². The van der Waals surface area contributed by atoms with Crippen molar-refractivity contribution >= 4 is 34.3 Å². The second kappa shape index (κ2) is 14.6. The predicted octanol–water partition coefficient (Wildman–Crippen LogP) is 5.57. The highest BCUT2D eigenvalue weighted by Crippen LogP contribution is 2.44. The van der Waals surface area contributed by atoms with Crippen LogP contribution in [0.4, 0.5) is 18.9 Å². The van der Waals surface area contributed by atoms with Gasteiger partial charge >= 0.3 is 0 Å². The van der Waals surface area contributed by atoms with Crippen molar-refractivity contribution in [1.82, 2.24) is 15.5 Å². The number of carbonyl (C=O) groups excluding carboxylic acids is 1. The van der Waals surface area contributed by atoms with Crippen LogP contribution in [0.3, 0.4) is 0 Å². The molecule has 0 aromatic heterocycles. The van der Waals surface area contributed by atoms with Gasteiger partial charge in [0.05, 0.1) is 6.04 Å². The van der Waals surface area contributed by atoms with Crippen LogP contribution in [-0.4, -0.2) is 75.5 Å². The maximum absolute atomic E-state index is 15.2. The highest BCUT2D eigenvalue weighted by Gasteiger charge is 2.47. The van der Waals surface area contributed by atoms with Gasteiger partial charge in [0.2, 0.25) is 11.8 Å². The van der Waals surface area contributed by atoms with Gasteiger partial charge in [-0.25, -0.2) is 17.4 Å². The molecular weight excluding hydrogens is 613 g/mol. The maximum Gasteiger partial charge on any atom is 0.248 e. The van der Waals surface area contributed by atoms with Gasteiger partial charge in [-0.15, -0.1) is 0 Å². The third-order valence-corrected chi connectivity index (χ3v) is 10.5. The minimum Gasteiger partial charge on any atom is -0.324 e. The van der Waals surface area contributed by atoms with Crippen LogP contribution in [0.1, 0.15) is 62.0 Å². The summed E-state index contributed by atoms with van der Waals surface area (Å²) in [6.07, 6.45) is 2.84. The van der Waals surface area contributed by atoms with E-state index in [9.17, 15) is 17.8 Å². The molecule has 242 valence electrons. The number of amides is 1. The fourth-order valence-corrected chi connectivity index (χ4v) is 7.79. The quantitative estimate of drug-likeness (QED) is 0.167. The Hall–Kier alpha value is -2.02. The molecule has 12 heteroatoms. The molecule has 0 bridgehead atoms. The highest BCUT2D eigenvalue weighted by molar-refractivity contribution is 7.79. The molecule has 1 amide bonds. The molecule has 3 fully saturated rings. The number of fused-ring (bicyclic) bond motifs is 1. The third kappa shape index (κ3) is 8.22. The molecule has 0 radical (unpaired) electrons. The van der Waals surface area contributed by atoms with E-state index in [4.69, 9.17) is 16.2 Å². The number of halogens is 4. The summed E-state index contributed by atoms with van der Waals surface area (Å²) in [6, 6.07) is 12.0. The van der Waals surface area contributed by atoms with Crippen molar-refractivity contribution < 1.29 is 26.7 Å². The molecule has 3 aliphatic rings. The molecule has 7 nitrogen and oxygen atoms in total. The molecule has 1 saturated carbocycles. The topological polar surface area (TPSA) is 93.5 Å². The Morgan fingerprint density at radius 3 is 2.59 bits per heavy atom. The number of likely N-dealkylation sites (N-methyl/N-ethyl adjacent to an activating group) is 1. The van der Waals surface area contributed by atoms with Gasteiger partial charge in [-0.1, -0.05) is 29.8 Å². The molecule has 2 heterocycles. The van der Waals surface area contributed by atoms with Gasteiger partial charge in [0.25, 0.3) is 0 Å². The van der Waals surface area contributed by atoms with E-state index >= 15 is 4.39 Å². The molecular formula is C32H42ClF3N4O3S. The summed E-state index contributed by atoms with van der Waals surface area (Å²) < 4.78 is 63.4. The smallest absolute Gasteiger partial charge is 0.248 e. The molecule has 4 N–H and O–H groups in total. The Morgan fingerprint density at radius 1 is 1.18 bits per heavy atom. The number of piperazine rings is 1. The summed E-state index contributed by atoms with van der Waals surface area (Å²) in [5.41, 5.74) is 1.70. The second-order valence-electron chi connectivity index (χ2n) is 12.4. The molecule has 1 aliphatic carbocycles. The van der Waals surface area contributed by atoms with Crippen LogP contribution < -0.4 is 16.0 Å². The fraction of sp³-hybridized carbons (Fsp3) is 0.594. The minimum absolute atomic E-state index is 0.139. The summed E-state index contributed by atoms with van der Waals surface area (Å²) in [5.74, 6) is -3.64. The number of nitrogens with zero attached hydrogens (tertiary/aromatic N) is 1. The SMILES string of the molecule is CNC(C(=O)Nc1cccc(F)c1CCC1NCC(CCCS(=O)O)N2CC12)C(c1ccc(Cl)cc1)C1CCC(F)(F)CC1. The van der Waals surface area contributed by atoms with E-state index in [2.05, 4.69) is 20.9 Å². The number of rotatable bonds is 13. The van der Waals surface area contributed by atoms with E-state index in [-0.39, 0.29) is 48.2 Å². The fourth-order valence-electron chi connectivity index (χ4n) is 7.25. The molecule has 44 heavy (non-hydrogen) atoms. The van der Waals surface area contributed by atoms with Crippen molar-refractivity contribution in [2.75, 3.05) is 31.2 Å². The molecule has 2 saturated heterocycles. The second-order valence-corrected chi connectivity index (χ2v) is 13.9. The minimum atomic E-state index is -2.69. The average molecular weight is 655 g/mol. The van der Waals surface area contributed by atoms with Crippen molar-refractivity contribution in [1.29, 1.82) is 0 Å². The first-order valence-corrected chi connectivity index (χ1v) is 17.2. The molecule has 2 aromatic rings. The summed E-state index contributed by atoms with van der Waals surface area (Å²) in [7, 11) is 1.68. The zero-order valence-electron chi connectivity index (χ0n) is 24.9. The lowest BCUT2D eigenvalue weighted by molar-refractivity contribution is -0.119. The van der Waals surface area contributed by atoms with Crippen LogP contribution >= 0.6 is 11.6 Å².